The number of allylic oxidation sites excluding steroid dienone is 2. The highest BCUT2D eigenvalue weighted by atomic mass is 28.3. The van der Waals surface area contributed by atoms with Crippen LogP contribution in [0.2, 0.25) is 51.4 Å². The van der Waals surface area contributed by atoms with Gasteiger partial charge < -0.3 is 29.7 Å². The van der Waals surface area contributed by atoms with Crippen molar-refractivity contribution >= 4 is 28.4 Å². The second-order valence-corrected chi connectivity index (χ2v) is 26.8. The molecule has 0 bridgehead atoms. The van der Waals surface area contributed by atoms with Crippen LogP contribution in [0.1, 0.15) is 30.0 Å². The molecule has 2 aliphatic rings. The Hall–Kier alpha value is -3.23. The second kappa shape index (κ2) is 18.3. The highest BCUT2D eigenvalue weighted by molar-refractivity contribution is 6.76. The fourth-order valence-corrected chi connectivity index (χ4v) is 7.51. The van der Waals surface area contributed by atoms with Crippen LogP contribution in [0.5, 0.6) is 5.75 Å². The van der Waals surface area contributed by atoms with Gasteiger partial charge in [0.1, 0.15) is 20.1 Å². The summed E-state index contributed by atoms with van der Waals surface area (Å²) < 4.78 is 34.5. The number of likely N-dealkylation sites (N-methyl/N-ethyl adjacent to an activating group) is 1. The first-order valence-electron chi connectivity index (χ1n) is 18.0. The van der Waals surface area contributed by atoms with Crippen LogP contribution in [0.3, 0.4) is 0 Å². The van der Waals surface area contributed by atoms with Crippen LogP contribution in [0.25, 0.3) is 5.57 Å². The van der Waals surface area contributed by atoms with E-state index in [1.807, 2.05) is 48.5 Å². The number of rotatable bonds is 20. The predicted octanol–water partition coefficient (Wildman–Crippen LogP) is 7.89. The molecule has 8 nitrogen and oxygen atoms in total. The van der Waals surface area contributed by atoms with E-state index >= 15 is 4.39 Å². The Morgan fingerprint density at radius 3 is 2.28 bits per heavy atom. The van der Waals surface area contributed by atoms with Gasteiger partial charge in [0.2, 0.25) is 0 Å². The van der Waals surface area contributed by atoms with Crippen molar-refractivity contribution in [2.45, 2.75) is 83.8 Å². The Morgan fingerprint density at radius 2 is 1.66 bits per heavy atom. The molecule has 1 atom stereocenters. The Bertz CT molecular complexity index is 1520. The van der Waals surface area contributed by atoms with Crippen molar-refractivity contribution in [1.82, 2.24) is 20.5 Å². The lowest BCUT2D eigenvalue weighted by molar-refractivity contribution is 0.0321. The van der Waals surface area contributed by atoms with Crippen LogP contribution >= 0.6 is 0 Å². The van der Waals surface area contributed by atoms with Crippen molar-refractivity contribution in [3.63, 3.8) is 0 Å². The lowest BCUT2D eigenvalue weighted by Crippen LogP contribution is -2.40. The van der Waals surface area contributed by atoms with E-state index in [1.54, 1.807) is 6.07 Å². The number of benzene rings is 2. The number of ether oxygens (including phenoxy) is 3. The minimum atomic E-state index is -1.27. The molecular weight excluding hydrogens is 662 g/mol. The summed E-state index contributed by atoms with van der Waals surface area (Å²) in [5.41, 5.74) is 7.07. The molecule has 1 aliphatic carbocycles. The van der Waals surface area contributed by atoms with Gasteiger partial charge in [0.25, 0.3) is 0 Å². The van der Waals surface area contributed by atoms with E-state index in [9.17, 15) is 0 Å². The normalized spacial score (nSPS) is 16.6. The van der Waals surface area contributed by atoms with Gasteiger partial charge in [-0.1, -0.05) is 82.6 Å². The number of nitrogens with zero attached hydrogens (tertiary/aromatic N) is 3. The molecule has 0 saturated heterocycles. The third-order valence-electron chi connectivity index (χ3n) is 9.13. The molecule has 2 aromatic carbocycles. The van der Waals surface area contributed by atoms with Crippen molar-refractivity contribution < 1.29 is 18.6 Å². The van der Waals surface area contributed by atoms with Crippen LogP contribution in [0.4, 0.5) is 4.39 Å². The molecule has 0 radical (unpaired) electrons. The SMILES string of the molecule is C=NN(COCC[Si](C)(C)C)C1=CC(c2cc(F)c(OCc3ccccc3)cc2CC)=CC(N(COCC[Si](C)(C)C)C2=C(NC)CNC2)C1. The van der Waals surface area contributed by atoms with Gasteiger partial charge in [-0.25, -0.2) is 9.40 Å². The van der Waals surface area contributed by atoms with E-state index in [0.29, 0.717) is 46.1 Å². The zero-order chi connectivity index (χ0) is 36.3. The molecule has 1 unspecified atom stereocenters. The fourth-order valence-electron chi connectivity index (χ4n) is 6.00. The van der Waals surface area contributed by atoms with Gasteiger partial charge >= 0.3 is 0 Å². The largest absolute Gasteiger partial charge is 0.486 e. The summed E-state index contributed by atoms with van der Waals surface area (Å²) in [5, 5.41) is 13.2. The van der Waals surface area contributed by atoms with Crippen LogP contribution in [-0.2, 0) is 22.5 Å². The van der Waals surface area contributed by atoms with Crippen LogP contribution in [0, 0.1) is 5.82 Å². The number of hydrogen-bond acceptors (Lipinski definition) is 8. The van der Waals surface area contributed by atoms with Crippen LogP contribution in [-0.4, -0.2) is 85.6 Å². The van der Waals surface area contributed by atoms with Gasteiger partial charge in [0, 0.05) is 74.0 Å². The van der Waals surface area contributed by atoms with Gasteiger partial charge in [-0.05, 0) is 59.0 Å². The molecule has 2 N–H and O–H groups in total. The molecular formula is C39H60FN5O3Si2. The first-order valence-corrected chi connectivity index (χ1v) is 25.4. The maximum absolute atomic E-state index is 15.9. The molecule has 274 valence electrons. The van der Waals surface area contributed by atoms with E-state index in [0.717, 1.165) is 58.8 Å². The highest BCUT2D eigenvalue weighted by Crippen LogP contribution is 2.36. The molecule has 11 heteroatoms. The smallest absolute Gasteiger partial charge is 0.165 e. The van der Waals surface area contributed by atoms with Crippen LogP contribution < -0.4 is 15.4 Å². The molecule has 2 aromatic rings. The van der Waals surface area contributed by atoms with Crippen molar-refractivity contribution in [2.75, 3.05) is 46.8 Å². The Kier molecular flexibility index (Phi) is 14.5. The van der Waals surface area contributed by atoms with Gasteiger partial charge in [-0.15, -0.1) is 0 Å². The third kappa shape index (κ3) is 11.7. The summed E-state index contributed by atoms with van der Waals surface area (Å²) >= 11 is 0. The van der Waals surface area contributed by atoms with Crippen molar-refractivity contribution in [3.8, 4) is 5.75 Å². The van der Waals surface area contributed by atoms with Crippen LogP contribution in [0.15, 0.2) is 76.8 Å². The van der Waals surface area contributed by atoms with Gasteiger partial charge in [0.15, 0.2) is 11.6 Å². The Morgan fingerprint density at radius 1 is 0.980 bits per heavy atom. The maximum Gasteiger partial charge on any atom is 0.165 e. The summed E-state index contributed by atoms with van der Waals surface area (Å²) in [7, 11) is -0.548. The standard InChI is InChI=1S/C39H60FN5O3Si2/c1-10-31-22-39(48-27-30-14-12-11-13-15-30)36(40)24-35(31)32-20-33(23-34(21-32)45(42-3)29-47-17-19-50(7,8)9)44(28-46-16-18-49(4,5)6)38-26-43-25-37(38)41-2/h11-15,20-22,24,33,41,43H,3,10,16-19,23,25-29H2,1-2,4-9H3. The van der Waals surface area contributed by atoms with E-state index in [4.69, 9.17) is 14.2 Å². The molecule has 0 spiro atoms. The van der Waals surface area contributed by atoms with Gasteiger partial charge in [-0.2, -0.15) is 5.10 Å². The Balaban J connectivity index is 1.72. The van der Waals surface area contributed by atoms with E-state index in [-0.39, 0.29) is 17.6 Å². The molecule has 1 aliphatic heterocycles. The minimum Gasteiger partial charge on any atom is -0.486 e. The van der Waals surface area contributed by atoms with E-state index in [2.05, 4.69) is 85.7 Å². The lowest BCUT2D eigenvalue weighted by atomic mass is 9.90. The van der Waals surface area contributed by atoms with E-state index < -0.39 is 16.1 Å². The average Bonchev–Trinajstić information content (AvgIpc) is 3.55. The summed E-state index contributed by atoms with van der Waals surface area (Å²) in [6.45, 7) is 24.1. The number of hydrogen-bond donors (Lipinski definition) is 2. The van der Waals surface area contributed by atoms with Crippen molar-refractivity contribution in [2.24, 2.45) is 5.10 Å². The number of aryl methyl sites for hydroxylation is 1. The molecule has 1 heterocycles. The van der Waals surface area contributed by atoms with E-state index in [1.165, 1.54) is 5.70 Å². The first-order chi connectivity index (χ1) is 23.8. The topological polar surface area (TPSA) is 70.6 Å². The number of hydrazone groups is 1. The lowest BCUT2D eigenvalue weighted by Gasteiger charge is -2.37. The zero-order valence-corrected chi connectivity index (χ0v) is 33.7. The average molecular weight is 722 g/mol. The van der Waals surface area contributed by atoms with Crippen molar-refractivity contribution in [1.29, 1.82) is 0 Å². The number of halogens is 1. The summed E-state index contributed by atoms with van der Waals surface area (Å²) in [4.78, 5) is 2.36. The molecule has 0 amide bonds. The molecule has 50 heavy (non-hydrogen) atoms. The fraction of sp³-hybridized carbons (Fsp3) is 0.513. The highest BCUT2D eigenvalue weighted by Gasteiger charge is 2.31. The van der Waals surface area contributed by atoms with Gasteiger partial charge in [0.05, 0.1) is 11.7 Å². The predicted molar refractivity (Wildman–Crippen MR) is 211 cm³/mol. The molecule has 0 saturated carbocycles. The minimum absolute atomic E-state index is 0.0804. The summed E-state index contributed by atoms with van der Waals surface area (Å²) in [6, 6.07) is 15.4. The monoisotopic (exact) mass is 721 g/mol. The molecule has 0 fully saturated rings. The Labute approximate surface area is 302 Å². The third-order valence-corrected chi connectivity index (χ3v) is 12.5. The second-order valence-electron chi connectivity index (χ2n) is 15.6. The van der Waals surface area contributed by atoms with Gasteiger partial charge in [-0.3, -0.25) is 0 Å². The quantitative estimate of drug-likeness (QED) is 0.0474. The maximum atomic E-state index is 15.9. The summed E-state index contributed by atoms with van der Waals surface area (Å²) in [5.74, 6) is -0.124. The molecule has 0 aromatic heterocycles. The van der Waals surface area contributed by atoms with Crippen molar-refractivity contribution in [3.05, 3.63) is 94.2 Å². The summed E-state index contributed by atoms with van der Waals surface area (Å²) in [6.07, 6.45) is 5.76. The zero-order valence-electron chi connectivity index (χ0n) is 31.7. The first kappa shape index (κ1) is 39.6. The molecule has 4 rings (SSSR count). The number of nitrogens with one attached hydrogen (secondary N) is 2.